The van der Waals surface area contributed by atoms with E-state index in [0.29, 0.717) is 5.69 Å². The van der Waals surface area contributed by atoms with Gasteiger partial charge in [0.15, 0.2) is 17.3 Å². The van der Waals surface area contributed by atoms with E-state index in [1.807, 2.05) is 30.3 Å². The first-order valence-corrected chi connectivity index (χ1v) is 9.69. The van der Waals surface area contributed by atoms with Crippen molar-refractivity contribution >= 4 is 27.0 Å². The predicted molar refractivity (Wildman–Crippen MR) is 93.7 cm³/mol. The van der Waals surface area contributed by atoms with E-state index >= 15 is 0 Å². The molecule has 0 fully saturated rings. The molecule has 0 atom stereocenters. The molecular weight excluding hydrogens is 362 g/mol. The number of rotatable bonds is 5. The summed E-state index contributed by atoms with van der Waals surface area (Å²) < 4.78 is 24.7. The molecule has 1 heterocycles. The Morgan fingerprint density at radius 1 is 1.04 bits per heavy atom. The molecule has 0 aliphatic rings. The molecule has 0 saturated heterocycles. The second kappa shape index (κ2) is 6.66. The number of hydrogen-bond donors (Lipinski definition) is 2. The summed E-state index contributed by atoms with van der Waals surface area (Å²) in [6.45, 7) is 0. The lowest BCUT2D eigenvalue weighted by molar-refractivity contribution is 0.102. The maximum atomic E-state index is 12.4. The topological polar surface area (TPSA) is 105 Å². The number of carbonyl (C=O) groups is 1. The summed E-state index contributed by atoms with van der Waals surface area (Å²) in [5, 5.41) is 20.3. The Balaban J connectivity index is 1.83. The maximum Gasteiger partial charge on any atom is 0.212 e. The van der Waals surface area contributed by atoms with Crippen LogP contribution in [0.3, 0.4) is 0 Å². The van der Waals surface area contributed by atoms with E-state index in [9.17, 15) is 23.4 Å². The molecule has 25 heavy (non-hydrogen) atoms. The van der Waals surface area contributed by atoms with Crippen LogP contribution >= 0.6 is 11.3 Å². The van der Waals surface area contributed by atoms with Crippen molar-refractivity contribution in [3.63, 3.8) is 0 Å². The zero-order chi connectivity index (χ0) is 18.0. The lowest BCUT2D eigenvalue weighted by Crippen LogP contribution is -2.16. The molecule has 0 bridgehead atoms. The smallest absolute Gasteiger partial charge is 0.212 e. The minimum Gasteiger partial charge on any atom is -0.504 e. The van der Waals surface area contributed by atoms with Crippen molar-refractivity contribution in [1.82, 2.24) is 4.98 Å². The number of aromatic nitrogens is 1. The highest BCUT2D eigenvalue weighted by Gasteiger charge is 2.24. The standard InChI is InChI=1S/C17H13NO5S2/c19-14-7-6-12(8-15(14)20)16(21)10-25(22,23)17-18-13(9-24-17)11-4-2-1-3-5-11/h1-9,19-20H,10H2. The van der Waals surface area contributed by atoms with Crippen LogP contribution in [0.1, 0.15) is 10.4 Å². The molecule has 0 aliphatic heterocycles. The monoisotopic (exact) mass is 375 g/mol. The molecule has 0 spiro atoms. The highest BCUT2D eigenvalue weighted by Crippen LogP contribution is 2.27. The predicted octanol–water partition coefficient (Wildman–Crippen LogP) is 2.88. The number of hydrogen-bond acceptors (Lipinski definition) is 7. The Hall–Kier alpha value is -2.71. The maximum absolute atomic E-state index is 12.4. The quantitative estimate of drug-likeness (QED) is 0.525. The minimum atomic E-state index is -3.90. The number of sulfone groups is 1. The van der Waals surface area contributed by atoms with Crippen molar-refractivity contribution in [2.24, 2.45) is 0 Å². The molecule has 0 amide bonds. The highest BCUT2D eigenvalue weighted by molar-refractivity contribution is 7.94. The van der Waals surface area contributed by atoms with Gasteiger partial charge in [0.25, 0.3) is 0 Å². The van der Waals surface area contributed by atoms with Crippen LogP contribution in [0.15, 0.2) is 58.3 Å². The third kappa shape index (κ3) is 3.70. The van der Waals surface area contributed by atoms with Gasteiger partial charge in [0.05, 0.1) is 5.69 Å². The van der Waals surface area contributed by atoms with Crippen LogP contribution in [0.4, 0.5) is 0 Å². The Labute approximate surface area is 148 Å². The van der Waals surface area contributed by atoms with Crippen molar-refractivity contribution < 1.29 is 23.4 Å². The number of benzene rings is 2. The number of thiazole rings is 1. The summed E-state index contributed by atoms with van der Waals surface area (Å²) >= 11 is 0.953. The molecule has 128 valence electrons. The Kier molecular flexibility index (Phi) is 4.56. The van der Waals surface area contributed by atoms with Crippen LogP contribution in [0.2, 0.25) is 0 Å². The average molecular weight is 375 g/mol. The molecule has 1 aromatic heterocycles. The van der Waals surface area contributed by atoms with E-state index in [4.69, 9.17) is 0 Å². The van der Waals surface area contributed by atoms with E-state index in [-0.39, 0.29) is 15.7 Å². The summed E-state index contributed by atoms with van der Waals surface area (Å²) in [4.78, 5) is 16.3. The second-order valence-corrected chi connectivity index (χ2v) is 8.27. The van der Waals surface area contributed by atoms with Gasteiger partial charge < -0.3 is 10.2 Å². The molecule has 6 nitrogen and oxygen atoms in total. The highest BCUT2D eigenvalue weighted by atomic mass is 32.2. The SMILES string of the molecule is O=C(CS(=O)(=O)c1nc(-c2ccccc2)cs1)c1ccc(O)c(O)c1. The van der Waals surface area contributed by atoms with Gasteiger partial charge in [-0.25, -0.2) is 13.4 Å². The van der Waals surface area contributed by atoms with Crippen LogP contribution in [-0.2, 0) is 9.84 Å². The molecule has 3 rings (SSSR count). The van der Waals surface area contributed by atoms with E-state index in [1.165, 1.54) is 6.07 Å². The van der Waals surface area contributed by atoms with Gasteiger partial charge in [-0.1, -0.05) is 30.3 Å². The van der Waals surface area contributed by atoms with Crippen LogP contribution < -0.4 is 0 Å². The Bertz CT molecular complexity index is 1030. The summed E-state index contributed by atoms with van der Waals surface area (Å²) in [6, 6.07) is 12.5. The van der Waals surface area contributed by atoms with Gasteiger partial charge in [0, 0.05) is 16.5 Å². The van der Waals surface area contributed by atoms with Gasteiger partial charge in [-0.3, -0.25) is 4.79 Å². The van der Waals surface area contributed by atoms with Gasteiger partial charge in [-0.15, -0.1) is 11.3 Å². The Morgan fingerprint density at radius 2 is 1.76 bits per heavy atom. The second-order valence-electron chi connectivity index (χ2n) is 5.25. The molecule has 2 aromatic carbocycles. The lowest BCUT2D eigenvalue weighted by Gasteiger charge is -2.03. The number of phenols is 2. The van der Waals surface area contributed by atoms with Gasteiger partial charge in [0.1, 0.15) is 5.75 Å². The summed E-state index contributed by atoms with van der Waals surface area (Å²) in [7, 11) is -3.90. The van der Waals surface area contributed by atoms with E-state index in [0.717, 1.165) is 29.0 Å². The van der Waals surface area contributed by atoms with Crippen molar-refractivity contribution in [2.45, 2.75) is 4.34 Å². The molecule has 0 unspecified atom stereocenters. The fourth-order valence-electron chi connectivity index (χ4n) is 2.16. The fourth-order valence-corrected chi connectivity index (χ4v) is 4.49. The molecule has 0 radical (unpaired) electrons. The van der Waals surface area contributed by atoms with Crippen molar-refractivity contribution in [2.75, 3.05) is 5.75 Å². The van der Waals surface area contributed by atoms with Gasteiger partial charge >= 0.3 is 0 Å². The normalized spacial score (nSPS) is 11.4. The first-order chi connectivity index (χ1) is 11.9. The van der Waals surface area contributed by atoms with E-state index < -0.39 is 27.1 Å². The number of carbonyl (C=O) groups excluding carboxylic acids is 1. The number of phenolic OH excluding ortho intramolecular Hbond substituents is 2. The molecule has 3 aromatic rings. The van der Waals surface area contributed by atoms with Gasteiger partial charge in [-0.2, -0.15) is 0 Å². The Morgan fingerprint density at radius 3 is 2.44 bits per heavy atom. The first-order valence-electron chi connectivity index (χ1n) is 7.16. The minimum absolute atomic E-state index is 0.00119. The molecule has 0 aliphatic carbocycles. The summed E-state index contributed by atoms with van der Waals surface area (Å²) in [5.41, 5.74) is 1.31. The zero-order valence-electron chi connectivity index (χ0n) is 12.8. The van der Waals surface area contributed by atoms with Crippen LogP contribution in [0.5, 0.6) is 11.5 Å². The number of aromatic hydroxyl groups is 2. The van der Waals surface area contributed by atoms with Gasteiger partial charge in [0.2, 0.25) is 14.2 Å². The van der Waals surface area contributed by atoms with E-state index in [2.05, 4.69) is 4.98 Å². The molecule has 8 heteroatoms. The third-order valence-electron chi connectivity index (χ3n) is 3.44. The van der Waals surface area contributed by atoms with Crippen LogP contribution in [-0.4, -0.2) is 35.2 Å². The van der Waals surface area contributed by atoms with Gasteiger partial charge in [-0.05, 0) is 18.2 Å². The number of Topliss-reactive ketones (excluding diaryl/α,β-unsaturated/α-hetero) is 1. The van der Waals surface area contributed by atoms with Crippen molar-refractivity contribution in [3.8, 4) is 22.8 Å². The van der Waals surface area contributed by atoms with Crippen LogP contribution in [0, 0.1) is 0 Å². The molecule has 0 saturated carbocycles. The first kappa shape index (κ1) is 17.1. The molecular formula is C17H13NO5S2. The zero-order valence-corrected chi connectivity index (χ0v) is 14.4. The fraction of sp³-hybridized carbons (Fsp3) is 0.0588. The van der Waals surface area contributed by atoms with E-state index in [1.54, 1.807) is 5.38 Å². The lowest BCUT2D eigenvalue weighted by atomic mass is 10.1. The average Bonchev–Trinajstić information content (AvgIpc) is 3.09. The molecule has 2 N–H and O–H groups in total. The number of ketones is 1. The van der Waals surface area contributed by atoms with Crippen molar-refractivity contribution in [3.05, 3.63) is 59.5 Å². The largest absolute Gasteiger partial charge is 0.504 e. The van der Waals surface area contributed by atoms with Crippen molar-refractivity contribution in [1.29, 1.82) is 0 Å². The third-order valence-corrected chi connectivity index (χ3v) is 6.39. The summed E-state index contributed by atoms with van der Waals surface area (Å²) in [6.07, 6.45) is 0. The summed E-state index contributed by atoms with van der Waals surface area (Å²) in [5.74, 6) is -2.32. The number of nitrogens with zero attached hydrogens (tertiary/aromatic N) is 1. The van der Waals surface area contributed by atoms with Crippen LogP contribution in [0.25, 0.3) is 11.3 Å².